The molecule has 2 heteroatoms. The number of hydrogen-bond donors (Lipinski definition) is 1. The van der Waals surface area contributed by atoms with Gasteiger partial charge in [0.25, 0.3) is 0 Å². The van der Waals surface area contributed by atoms with Crippen LogP contribution in [0.1, 0.15) is 38.5 Å². The Morgan fingerprint density at radius 3 is 2.38 bits per heavy atom. The van der Waals surface area contributed by atoms with Crippen LogP contribution in [0.25, 0.3) is 0 Å². The molecule has 2 nitrogen and oxygen atoms in total. The summed E-state index contributed by atoms with van der Waals surface area (Å²) in [6, 6.07) is 0. The van der Waals surface area contributed by atoms with Gasteiger partial charge < -0.3 is 10.6 Å². The fraction of sp³-hybridized carbons (Fsp3) is 1.00. The molecule has 2 rings (SSSR count). The van der Waals surface area contributed by atoms with Crippen LogP contribution in [0.15, 0.2) is 0 Å². The van der Waals surface area contributed by atoms with E-state index in [2.05, 4.69) is 4.90 Å². The second-order valence-corrected chi connectivity index (χ2v) is 4.91. The molecular formula is C11H22N2. The lowest BCUT2D eigenvalue weighted by atomic mass is 9.63. The summed E-state index contributed by atoms with van der Waals surface area (Å²) in [5, 5.41) is 0. The van der Waals surface area contributed by atoms with E-state index in [0.29, 0.717) is 0 Å². The van der Waals surface area contributed by atoms with Crippen molar-refractivity contribution in [2.45, 2.75) is 38.5 Å². The third-order valence-corrected chi connectivity index (χ3v) is 3.71. The smallest absolute Gasteiger partial charge is 0.00505 e. The van der Waals surface area contributed by atoms with Crippen molar-refractivity contribution in [2.75, 3.05) is 26.2 Å². The van der Waals surface area contributed by atoms with Crippen molar-refractivity contribution >= 4 is 0 Å². The number of hydrogen-bond acceptors (Lipinski definition) is 2. The molecule has 2 aliphatic rings. The normalized spacial score (nSPS) is 25.6. The maximum absolute atomic E-state index is 5.45. The van der Waals surface area contributed by atoms with E-state index in [9.17, 15) is 0 Å². The van der Waals surface area contributed by atoms with Crippen LogP contribution in [0.4, 0.5) is 0 Å². The first-order valence-electron chi connectivity index (χ1n) is 5.77. The van der Waals surface area contributed by atoms with E-state index >= 15 is 0 Å². The van der Waals surface area contributed by atoms with E-state index in [4.69, 9.17) is 5.73 Å². The molecule has 0 aromatic heterocycles. The third kappa shape index (κ3) is 2.05. The van der Waals surface area contributed by atoms with Crippen molar-refractivity contribution in [1.29, 1.82) is 0 Å². The quantitative estimate of drug-likeness (QED) is 0.654. The molecule has 1 aliphatic carbocycles. The molecule has 0 amide bonds. The van der Waals surface area contributed by atoms with Crippen LogP contribution in [-0.2, 0) is 0 Å². The van der Waals surface area contributed by atoms with Crippen molar-refractivity contribution in [3.05, 3.63) is 0 Å². The Bertz CT molecular complexity index is 155. The predicted octanol–water partition coefficient (Wildman–Crippen LogP) is 1.60. The number of nitrogens with zero attached hydrogens (tertiary/aromatic N) is 1. The fourth-order valence-electron chi connectivity index (χ4n) is 2.71. The number of likely N-dealkylation sites (tertiary alicyclic amines) is 1. The summed E-state index contributed by atoms with van der Waals surface area (Å²) in [6.45, 7) is 4.98. The maximum atomic E-state index is 5.45. The first kappa shape index (κ1) is 9.47. The summed E-state index contributed by atoms with van der Waals surface area (Å²) in [5.74, 6) is 0. The Kier molecular flexibility index (Phi) is 2.89. The zero-order valence-electron chi connectivity index (χ0n) is 8.60. The van der Waals surface area contributed by atoms with Crippen LogP contribution < -0.4 is 5.73 Å². The van der Waals surface area contributed by atoms with Gasteiger partial charge in [-0.1, -0.05) is 12.8 Å². The summed E-state index contributed by atoms with van der Waals surface area (Å²) < 4.78 is 0. The van der Waals surface area contributed by atoms with Gasteiger partial charge in [0.2, 0.25) is 0 Å². The fourth-order valence-corrected chi connectivity index (χ4v) is 2.71. The summed E-state index contributed by atoms with van der Waals surface area (Å²) in [6.07, 6.45) is 8.38. The monoisotopic (exact) mass is 182 g/mol. The Hall–Kier alpha value is -0.0800. The Labute approximate surface area is 81.5 Å². The van der Waals surface area contributed by atoms with E-state index in [1.54, 1.807) is 0 Å². The molecule has 0 atom stereocenters. The van der Waals surface area contributed by atoms with Crippen LogP contribution in [0.3, 0.4) is 0 Å². The topological polar surface area (TPSA) is 29.3 Å². The van der Waals surface area contributed by atoms with E-state index < -0.39 is 0 Å². The average molecular weight is 182 g/mol. The minimum Gasteiger partial charge on any atom is -0.330 e. The largest absolute Gasteiger partial charge is 0.330 e. The molecule has 0 bridgehead atoms. The maximum Gasteiger partial charge on any atom is 0.00505 e. The lowest BCUT2D eigenvalue weighted by Crippen LogP contribution is -2.59. The molecule has 1 aliphatic heterocycles. The minimum atomic E-state index is 0.813. The Morgan fingerprint density at radius 2 is 1.85 bits per heavy atom. The van der Waals surface area contributed by atoms with Crippen LogP contribution >= 0.6 is 0 Å². The number of unbranched alkanes of at least 4 members (excludes halogenated alkanes) is 2. The molecule has 2 fully saturated rings. The highest BCUT2D eigenvalue weighted by atomic mass is 15.2. The molecular weight excluding hydrogens is 160 g/mol. The van der Waals surface area contributed by atoms with Gasteiger partial charge in [-0.3, -0.25) is 0 Å². The molecule has 1 saturated heterocycles. The van der Waals surface area contributed by atoms with E-state index in [0.717, 1.165) is 12.0 Å². The van der Waals surface area contributed by atoms with Gasteiger partial charge in [0, 0.05) is 13.1 Å². The van der Waals surface area contributed by atoms with Crippen molar-refractivity contribution in [3.63, 3.8) is 0 Å². The highest BCUT2D eigenvalue weighted by molar-refractivity contribution is 5.00. The summed E-state index contributed by atoms with van der Waals surface area (Å²) in [4.78, 5) is 2.62. The van der Waals surface area contributed by atoms with Gasteiger partial charge in [0.15, 0.2) is 0 Å². The lowest BCUT2D eigenvalue weighted by Gasteiger charge is -2.56. The van der Waals surface area contributed by atoms with Crippen molar-refractivity contribution in [2.24, 2.45) is 11.1 Å². The molecule has 1 spiro atoms. The van der Waals surface area contributed by atoms with E-state index in [1.807, 2.05) is 0 Å². The molecule has 0 radical (unpaired) electrons. The van der Waals surface area contributed by atoms with Gasteiger partial charge in [-0.2, -0.15) is 0 Å². The summed E-state index contributed by atoms with van der Waals surface area (Å²) >= 11 is 0. The van der Waals surface area contributed by atoms with Gasteiger partial charge in [-0.15, -0.1) is 0 Å². The molecule has 13 heavy (non-hydrogen) atoms. The first-order chi connectivity index (χ1) is 6.35. The van der Waals surface area contributed by atoms with Gasteiger partial charge >= 0.3 is 0 Å². The predicted molar refractivity (Wildman–Crippen MR) is 55.6 cm³/mol. The van der Waals surface area contributed by atoms with E-state index in [-0.39, 0.29) is 0 Å². The van der Waals surface area contributed by atoms with Gasteiger partial charge in [-0.25, -0.2) is 0 Å². The first-order valence-corrected chi connectivity index (χ1v) is 5.77. The zero-order valence-corrected chi connectivity index (χ0v) is 8.60. The molecule has 0 aromatic carbocycles. The number of nitrogens with two attached hydrogens (primary N) is 1. The summed E-state index contributed by atoms with van der Waals surface area (Å²) in [7, 11) is 0. The second-order valence-electron chi connectivity index (χ2n) is 4.91. The van der Waals surface area contributed by atoms with Gasteiger partial charge in [0.1, 0.15) is 0 Å². The molecule has 0 unspecified atom stereocenters. The van der Waals surface area contributed by atoms with Crippen LogP contribution in [-0.4, -0.2) is 31.1 Å². The SMILES string of the molecule is NCCCCCN1CC2(CCC2)C1. The lowest BCUT2D eigenvalue weighted by molar-refractivity contribution is -0.0599. The molecule has 2 N–H and O–H groups in total. The molecule has 1 heterocycles. The third-order valence-electron chi connectivity index (χ3n) is 3.71. The second kappa shape index (κ2) is 3.97. The highest BCUT2D eigenvalue weighted by Gasteiger charge is 2.46. The average Bonchev–Trinajstić information content (AvgIpc) is 1.97. The summed E-state index contributed by atoms with van der Waals surface area (Å²) in [5.41, 5.74) is 6.27. The van der Waals surface area contributed by atoms with Crippen molar-refractivity contribution < 1.29 is 0 Å². The Morgan fingerprint density at radius 1 is 1.08 bits per heavy atom. The zero-order chi connectivity index (χ0) is 9.15. The van der Waals surface area contributed by atoms with Gasteiger partial charge in [0.05, 0.1) is 0 Å². The van der Waals surface area contributed by atoms with E-state index in [1.165, 1.54) is 58.2 Å². The number of rotatable bonds is 5. The molecule has 76 valence electrons. The standard InChI is InChI=1S/C11H22N2/c12-7-2-1-3-8-13-9-11(10-13)5-4-6-11/h1-10,12H2. The van der Waals surface area contributed by atoms with Crippen molar-refractivity contribution in [1.82, 2.24) is 4.90 Å². The van der Waals surface area contributed by atoms with Crippen LogP contribution in [0, 0.1) is 5.41 Å². The van der Waals surface area contributed by atoms with Gasteiger partial charge in [-0.05, 0) is 44.2 Å². The minimum absolute atomic E-state index is 0.813. The van der Waals surface area contributed by atoms with Crippen LogP contribution in [0.5, 0.6) is 0 Å². The molecule has 0 aromatic rings. The van der Waals surface area contributed by atoms with Crippen LogP contribution in [0.2, 0.25) is 0 Å². The molecule has 1 saturated carbocycles. The Balaban J connectivity index is 1.49. The van der Waals surface area contributed by atoms with Crippen molar-refractivity contribution in [3.8, 4) is 0 Å². The highest BCUT2D eigenvalue weighted by Crippen LogP contribution is 2.47.